The minimum absolute atomic E-state index is 0.0369. The predicted molar refractivity (Wildman–Crippen MR) is 79.6 cm³/mol. The number of hydrogen-bond donors (Lipinski definition) is 1. The van der Waals surface area contributed by atoms with Gasteiger partial charge in [0.2, 0.25) is 5.22 Å². The number of nitrogen functional groups attached to an aromatic ring is 1. The number of anilines is 1. The Labute approximate surface area is 123 Å². The lowest BCUT2D eigenvalue weighted by Gasteiger charge is -2.26. The molecule has 0 aliphatic rings. The second-order valence-electron chi connectivity index (χ2n) is 4.88. The Morgan fingerprint density at radius 2 is 2.15 bits per heavy atom. The van der Waals surface area contributed by atoms with Crippen LogP contribution in [-0.2, 0) is 6.54 Å². The lowest BCUT2D eigenvalue weighted by Crippen LogP contribution is -2.36. The number of amides is 1. The van der Waals surface area contributed by atoms with Crippen molar-refractivity contribution in [1.29, 1.82) is 0 Å². The van der Waals surface area contributed by atoms with E-state index in [2.05, 4.69) is 0 Å². The molecule has 1 heterocycles. The number of rotatable bonds is 4. The molecule has 0 aliphatic heterocycles. The van der Waals surface area contributed by atoms with E-state index in [1.807, 2.05) is 38.1 Å². The first kappa shape index (κ1) is 14.5. The zero-order valence-corrected chi connectivity index (χ0v) is 12.2. The molecule has 2 aromatic rings. The predicted octanol–water partition coefficient (Wildman–Crippen LogP) is 3.57. The molecule has 0 bridgehead atoms. The number of halogens is 1. The van der Waals surface area contributed by atoms with E-state index in [-0.39, 0.29) is 17.2 Å². The van der Waals surface area contributed by atoms with Crippen molar-refractivity contribution in [3.63, 3.8) is 0 Å². The molecular weight excluding hydrogens is 276 g/mol. The van der Waals surface area contributed by atoms with Crippen LogP contribution in [0.4, 0.5) is 5.69 Å². The minimum Gasteiger partial charge on any atom is -0.452 e. The van der Waals surface area contributed by atoms with Crippen LogP contribution in [0.3, 0.4) is 0 Å². The summed E-state index contributed by atoms with van der Waals surface area (Å²) in [5.74, 6) is -0.152. The van der Waals surface area contributed by atoms with E-state index in [1.54, 1.807) is 11.0 Å². The monoisotopic (exact) mass is 292 g/mol. The molecule has 0 spiro atoms. The van der Waals surface area contributed by atoms with Crippen LogP contribution >= 0.6 is 11.6 Å². The summed E-state index contributed by atoms with van der Waals surface area (Å²) in [4.78, 5) is 14.2. The maximum atomic E-state index is 12.5. The fourth-order valence-corrected chi connectivity index (χ4v) is 2.17. The van der Waals surface area contributed by atoms with Gasteiger partial charge in [-0.1, -0.05) is 12.1 Å². The summed E-state index contributed by atoms with van der Waals surface area (Å²) >= 11 is 5.88. The molecule has 0 radical (unpaired) electrons. The highest BCUT2D eigenvalue weighted by Gasteiger charge is 2.22. The first-order valence-corrected chi connectivity index (χ1v) is 6.75. The van der Waals surface area contributed by atoms with Crippen molar-refractivity contribution in [3.8, 4) is 0 Å². The van der Waals surface area contributed by atoms with Crippen LogP contribution in [0, 0.1) is 0 Å². The van der Waals surface area contributed by atoms with Gasteiger partial charge in [0, 0.05) is 18.3 Å². The molecule has 0 saturated heterocycles. The molecule has 0 fully saturated rings. The molecule has 4 nitrogen and oxygen atoms in total. The van der Waals surface area contributed by atoms with Gasteiger partial charge in [-0.3, -0.25) is 4.79 Å². The van der Waals surface area contributed by atoms with Crippen molar-refractivity contribution in [2.75, 3.05) is 5.73 Å². The van der Waals surface area contributed by atoms with Gasteiger partial charge in [0.15, 0.2) is 0 Å². The van der Waals surface area contributed by atoms with Crippen LogP contribution in [0.25, 0.3) is 0 Å². The van der Waals surface area contributed by atoms with E-state index in [9.17, 15) is 4.79 Å². The smallest absolute Gasteiger partial charge is 0.259 e. The first-order chi connectivity index (χ1) is 9.49. The fourth-order valence-electron chi connectivity index (χ4n) is 1.98. The Morgan fingerprint density at radius 1 is 1.40 bits per heavy atom. The van der Waals surface area contributed by atoms with Crippen LogP contribution in [0.15, 0.2) is 41.0 Å². The summed E-state index contributed by atoms with van der Waals surface area (Å²) in [7, 11) is 0. The molecule has 0 atom stereocenters. The van der Waals surface area contributed by atoms with Crippen LogP contribution in [-0.4, -0.2) is 16.8 Å². The van der Waals surface area contributed by atoms with Crippen molar-refractivity contribution in [3.05, 3.63) is 52.9 Å². The number of hydrogen-bond acceptors (Lipinski definition) is 3. The highest BCUT2D eigenvalue weighted by atomic mass is 35.5. The maximum absolute atomic E-state index is 12.5. The molecular formula is C15H17ClN2O2. The molecule has 1 amide bonds. The third kappa shape index (κ3) is 3.14. The Hall–Kier alpha value is -1.94. The zero-order chi connectivity index (χ0) is 14.7. The lowest BCUT2D eigenvalue weighted by molar-refractivity contribution is 0.0690. The number of furan rings is 1. The summed E-state index contributed by atoms with van der Waals surface area (Å²) in [5.41, 5.74) is 7.80. The third-order valence-corrected chi connectivity index (χ3v) is 3.33. The molecule has 1 aromatic carbocycles. The maximum Gasteiger partial charge on any atom is 0.259 e. The quantitative estimate of drug-likeness (QED) is 0.877. The average Bonchev–Trinajstić information content (AvgIpc) is 2.81. The molecule has 5 heteroatoms. The Balaban J connectivity index is 2.24. The summed E-state index contributed by atoms with van der Waals surface area (Å²) < 4.78 is 4.98. The Bertz CT molecular complexity index is 607. The van der Waals surface area contributed by atoms with Gasteiger partial charge in [-0.15, -0.1) is 0 Å². The third-order valence-electron chi connectivity index (χ3n) is 3.04. The van der Waals surface area contributed by atoms with Crippen LogP contribution in [0.2, 0.25) is 5.22 Å². The highest BCUT2D eigenvalue weighted by Crippen LogP contribution is 2.21. The van der Waals surface area contributed by atoms with Gasteiger partial charge >= 0.3 is 0 Å². The summed E-state index contributed by atoms with van der Waals surface area (Å²) in [5, 5.41) is 0.119. The van der Waals surface area contributed by atoms with Gasteiger partial charge in [-0.2, -0.15) is 0 Å². The van der Waals surface area contributed by atoms with Gasteiger partial charge in [-0.25, -0.2) is 0 Å². The van der Waals surface area contributed by atoms with Crippen LogP contribution in [0.1, 0.15) is 29.8 Å². The van der Waals surface area contributed by atoms with Gasteiger partial charge in [-0.05, 0) is 49.2 Å². The second-order valence-corrected chi connectivity index (χ2v) is 5.22. The van der Waals surface area contributed by atoms with E-state index < -0.39 is 0 Å². The number of carbonyl (C=O) groups excluding carboxylic acids is 1. The average molecular weight is 293 g/mol. The number of benzene rings is 1. The van der Waals surface area contributed by atoms with Crippen molar-refractivity contribution in [2.24, 2.45) is 0 Å². The first-order valence-electron chi connectivity index (χ1n) is 6.37. The van der Waals surface area contributed by atoms with Gasteiger partial charge < -0.3 is 15.1 Å². The standard InChI is InChI=1S/C15H17ClN2O2/c1-10(2)18(9-11-4-3-5-12(17)8-11)15(19)13-6-7-20-14(13)16/h3-8,10H,9,17H2,1-2H3. The van der Waals surface area contributed by atoms with Gasteiger partial charge in [0.25, 0.3) is 5.91 Å². The molecule has 2 rings (SSSR count). The SMILES string of the molecule is CC(C)N(Cc1cccc(N)c1)C(=O)c1ccoc1Cl. The molecule has 0 saturated carbocycles. The van der Waals surface area contributed by atoms with Gasteiger partial charge in [0.05, 0.1) is 11.8 Å². The molecule has 0 unspecified atom stereocenters. The number of nitrogens with zero attached hydrogens (tertiary/aromatic N) is 1. The molecule has 2 N–H and O–H groups in total. The van der Waals surface area contributed by atoms with Crippen LogP contribution in [0.5, 0.6) is 0 Å². The normalized spacial score (nSPS) is 10.8. The number of carbonyl (C=O) groups is 1. The molecule has 1 aromatic heterocycles. The van der Waals surface area contributed by atoms with Crippen molar-refractivity contribution < 1.29 is 9.21 Å². The summed E-state index contributed by atoms with van der Waals surface area (Å²) in [6, 6.07) is 9.11. The van der Waals surface area contributed by atoms with E-state index in [4.69, 9.17) is 21.8 Å². The molecule has 106 valence electrons. The highest BCUT2D eigenvalue weighted by molar-refractivity contribution is 6.32. The summed E-state index contributed by atoms with van der Waals surface area (Å²) in [6.45, 7) is 4.39. The molecule has 0 aliphatic carbocycles. The van der Waals surface area contributed by atoms with Crippen molar-refractivity contribution in [1.82, 2.24) is 4.90 Å². The Morgan fingerprint density at radius 3 is 2.70 bits per heavy atom. The largest absolute Gasteiger partial charge is 0.452 e. The fraction of sp³-hybridized carbons (Fsp3) is 0.267. The van der Waals surface area contributed by atoms with Crippen LogP contribution < -0.4 is 5.73 Å². The minimum atomic E-state index is -0.152. The topological polar surface area (TPSA) is 59.5 Å². The van der Waals surface area contributed by atoms with E-state index in [0.29, 0.717) is 17.8 Å². The Kier molecular flexibility index (Phi) is 4.35. The number of nitrogens with two attached hydrogens (primary N) is 1. The molecule has 20 heavy (non-hydrogen) atoms. The lowest BCUT2D eigenvalue weighted by atomic mass is 10.1. The second kappa shape index (κ2) is 6.01. The van der Waals surface area contributed by atoms with E-state index in [0.717, 1.165) is 5.56 Å². The van der Waals surface area contributed by atoms with Gasteiger partial charge in [0.1, 0.15) is 0 Å². The van der Waals surface area contributed by atoms with E-state index >= 15 is 0 Å². The zero-order valence-electron chi connectivity index (χ0n) is 11.5. The van der Waals surface area contributed by atoms with Crippen molar-refractivity contribution in [2.45, 2.75) is 26.4 Å². The van der Waals surface area contributed by atoms with E-state index in [1.165, 1.54) is 6.26 Å². The summed E-state index contributed by atoms with van der Waals surface area (Å²) in [6.07, 6.45) is 1.41. The van der Waals surface area contributed by atoms with Crippen molar-refractivity contribution >= 4 is 23.2 Å².